The molecule has 3 heterocycles. The van der Waals surface area contributed by atoms with Crippen LogP contribution in [0.25, 0.3) is 10.9 Å². The second-order valence-electron chi connectivity index (χ2n) is 7.23. The number of nitrogens with one attached hydrogen (secondary N) is 1. The van der Waals surface area contributed by atoms with Crippen LogP contribution in [0.1, 0.15) is 33.2 Å². The molecule has 5 rings (SSSR count). The van der Waals surface area contributed by atoms with E-state index in [4.69, 9.17) is 4.74 Å². The standard InChI is InChI=1S/C24H21N3O2/c1-29-18-10-8-16(9-11-18)24(28)27-14-12-20-19-6-2-3-7-21(19)26-22(20)23(27)17-5-4-13-25-15-17/h2-11,13,15,23,26H,12,14H2,1H3. The summed E-state index contributed by atoms with van der Waals surface area (Å²) >= 11 is 0. The lowest BCUT2D eigenvalue weighted by Gasteiger charge is -2.36. The average molecular weight is 383 g/mol. The number of rotatable bonds is 3. The molecule has 1 amide bonds. The minimum Gasteiger partial charge on any atom is -0.497 e. The van der Waals surface area contributed by atoms with Crippen molar-refractivity contribution in [2.75, 3.05) is 13.7 Å². The van der Waals surface area contributed by atoms with E-state index in [0.717, 1.165) is 28.9 Å². The number of hydrogen-bond donors (Lipinski definition) is 1. The number of amides is 1. The van der Waals surface area contributed by atoms with Gasteiger partial charge in [0.1, 0.15) is 5.75 Å². The fourth-order valence-corrected chi connectivity index (χ4v) is 4.24. The van der Waals surface area contributed by atoms with Gasteiger partial charge in [-0.3, -0.25) is 9.78 Å². The zero-order chi connectivity index (χ0) is 19.8. The lowest BCUT2D eigenvalue weighted by molar-refractivity contribution is 0.0691. The molecule has 0 radical (unpaired) electrons. The van der Waals surface area contributed by atoms with Crippen molar-refractivity contribution < 1.29 is 9.53 Å². The Morgan fingerprint density at radius 2 is 1.93 bits per heavy atom. The molecule has 2 aromatic heterocycles. The molecule has 5 nitrogen and oxygen atoms in total. The lowest BCUT2D eigenvalue weighted by Crippen LogP contribution is -2.40. The monoisotopic (exact) mass is 383 g/mol. The summed E-state index contributed by atoms with van der Waals surface area (Å²) in [6.07, 6.45) is 4.42. The molecular formula is C24H21N3O2. The van der Waals surface area contributed by atoms with E-state index in [9.17, 15) is 4.79 Å². The van der Waals surface area contributed by atoms with E-state index in [1.54, 1.807) is 13.3 Å². The number of para-hydroxylation sites is 1. The van der Waals surface area contributed by atoms with Crippen LogP contribution >= 0.6 is 0 Å². The number of benzene rings is 2. The van der Waals surface area contributed by atoms with Crippen LogP contribution in [-0.2, 0) is 6.42 Å². The first-order valence-corrected chi connectivity index (χ1v) is 9.70. The van der Waals surface area contributed by atoms with E-state index < -0.39 is 0 Å². The van der Waals surface area contributed by atoms with Gasteiger partial charge in [-0.2, -0.15) is 0 Å². The van der Waals surface area contributed by atoms with E-state index in [0.29, 0.717) is 12.1 Å². The van der Waals surface area contributed by atoms with Crippen molar-refractivity contribution in [3.63, 3.8) is 0 Å². The number of aromatic amines is 1. The highest BCUT2D eigenvalue weighted by Crippen LogP contribution is 2.38. The summed E-state index contributed by atoms with van der Waals surface area (Å²) in [6, 6.07) is 19.4. The summed E-state index contributed by atoms with van der Waals surface area (Å²) in [5.41, 5.74) is 5.12. The Labute approximate surface area is 169 Å². The number of nitrogens with zero attached hydrogens (tertiary/aromatic N) is 2. The number of fused-ring (bicyclic) bond motifs is 3. The average Bonchev–Trinajstić information content (AvgIpc) is 3.17. The topological polar surface area (TPSA) is 58.2 Å². The third-order valence-corrected chi connectivity index (χ3v) is 5.63. The maximum Gasteiger partial charge on any atom is 0.254 e. The van der Waals surface area contributed by atoms with Crippen molar-refractivity contribution in [2.24, 2.45) is 0 Å². The molecule has 4 aromatic rings. The minimum absolute atomic E-state index is 0.00538. The minimum atomic E-state index is -0.200. The van der Waals surface area contributed by atoms with Crippen molar-refractivity contribution >= 4 is 16.8 Å². The Morgan fingerprint density at radius 3 is 2.69 bits per heavy atom. The maximum absolute atomic E-state index is 13.5. The number of pyridine rings is 1. The van der Waals surface area contributed by atoms with Gasteiger partial charge >= 0.3 is 0 Å². The molecule has 1 aliphatic rings. The van der Waals surface area contributed by atoms with Crippen LogP contribution in [0.4, 0.5) is 0 Å². The highest BCUT2D eigenvalue weighted by molar-refractivity contribution is 5.95. The summed E-state index contributed by atoms with van der Waals surface area (Å²) in [6.45, 7) is 0.652. The molecule has 144 valence electrons. The molecule has 0 saturated carbocycles. The van der Waals surface area contributed by atoms with Gasteiger partial charge in [0.05, 0.1) is 13.2 Å². The van der Waals surface area contributed by atoms with Gasteiger partial charge in [0, 0.05) is 41.1 Å². The predicted octanol–water partition coefficient (Wildman–Crippen LogP) is 4.36. The molecule has 0 saturated heterocycles. The lowest BCUT2D eigenvalue weighted by atomic mass is 9.92. The number of methoxy groups -OCH3 is 1. The number of H-pyrrole nitrogens is 1. The van der Waals surface area contributed by atoms with Crippen LogP contribution in [0.15, 0.2) is 73.1 Å². The SMILES string of the molecule is COc1ccc(C(=O)N2CCc3c([nH]c4ccccc34)C2c2cccnc2)cc1. The number of ether oxygens (including phenoxy) is 1. The highest BCUT2D eigenvalue weighted by atomic mass is 16.5. The molecule has 5 heteroatoms. The Balaban J connectivity index is 1.62. The number of hydrogen-bond acceptors (Lipinski definition) is 3. The van der Waals surface area contributed by atoms with Crippen molar-refractivity contribution in [3.05, 3.63) is 95.4 Å². The summed E-state index contributed by atoms with van der Waals surface area (Å²) in [7, 11) is 1.62. The second kappa shape index (κ2) is 7.09. The van der Waals surface area contributed by atoms with Crippen LogP contribution in [0.5, 0.6) is 5.75 Å². The number of aromatic nitrogens is 2. The van der Waals surface area contributed by atoms with Gasteiger partial charge in [0.15, 0.2) is 0 Å². The van der Waals surface area contributed by atoms with E-state index in [1.807, 2.05) is 53.6 Å². The molecular weight excluding hydrogens is 362 g/mol. The van der Waals surface area contributed by atoms with Gasteiger partial charge in [0.25, 0.3) is 5.91 Å². The predicted molar refractivity (Wildman–Crippen MR) is 112 cm³/mol. The first-order chi connectivity index (χ1) is 14.3. The fourth-order valence-electron chi connectivity index (χ4n) is 4.24. The summed E-state index contributed by atoms with van der Waals surface area (Å²) in [4.78, 5) is 23.3. The normalized spacial score (nSPS) is 15.9. The summed E-state index contributed by atoms with van der Waals surface area (Å²) in [5, 5.41) is 1.23. The van der Waals surface area contributed by atoms with E-state index in [-0.39, 0.29) is 11.9 Å². The first-order valence-electron chi connectivity index (χ1n) is 9.70. The van der Waals surface area contributed by atoms with Crippen LogP contribution in [0.2, 0.25) is 0 Å². The Hall–Kier alpha value is -3.60. The summed E-state index contributed by atoms with van der Waals surface area (Å²) in [5.74, 6) is 0.743. The smallest absolute Gasteiger partial charge is 0.254 e. The first kappa shape index (κ1) is 17.5. The molecule has 1 N–H and O–H groups in total. The van der Waals surface area contributed by atoms with Gasteiger partial charge in [-0.25, -0.2) is 0 Å². The van der Waals surface area contributed by atoms with Crippen LogP contribution in [0, 0.1) is 0 Å². The van der Waals surface area contributed by atoms with Crippen LogP contribution in [0.3, 0.4) is 0 Å². The van der Waals surface area contributed by atoms with Crippen molar-refractivity contribution in [1.29, 1.82) is 0 Å². The third-order valence-electron chi connectivity index (χ3n) is 5.63. The molecule has 1 aliphatic heterocycles. The second-order valence-corrected chi connectivity index (χ2v) is 7.23. The largest absolute Gasteiger partial charge is 0.497 e. The molecule has 29 heavy (non-hydrogen) atoms. The van der Waals surface area contributed by atoms with Crippen LogP contribution < -0.4 is 4.74 Å². The van der Waals surface area contributed by atoms with Gasteiger partial charge in [0.2, 0.25) is 0 Å². The quantitative estimate of drug-likeness (QED) is 0.572. The highest BCUT2D eigenvalue weighted by Gasteiger charge is 2.35. The van der Waals surface area contributed by atoms with Gasteiger partial charge < -0.3 is 14.6 Å². The molecule has 1 atom stereocenters. The Kier molecular flexibility index (Phi) is 4.28. The van der Waals surface area contributed by atoms with Crippen LogP contribution in [-0.4, -0.2) is 34.4 Å². The van der Waals surface area contributed by atoms with Gasteiger partial charge in [-0.1, -0.05) is 24.3 Å². The van der Waals surface area contributed by atoms with E-state index >= 15 is 0 Å². The number of carbonyl (C=O) groups is 1. The molecule has 0 bridgehead atoms. The summed E-state index contributed by atoms with van der Waals surface area (Å²) < 4.78 is 5.23. The molecule has 2 aromatic carbocycles. The van der Waals surface area contributed by atoms with Gasteiger partial charge in [-0.05, 0) is 53.9 Å². The Morgan fingerprint density at radius 1 is 1.10 bits per heavy atom. The zero-order valence-corrected chi connectivity index (χ0v) is 16.1. The van der Waals surface area contributed by atoms with E-state index in [1.165, 1.54) is 10.9 Å². The fraction of sp³-hybridized carbons (Fsp3) is 0.167. The van der Waals surface area contributed by atoms with E-state index in [2.05, 4.69) is 28.2 Å². The van der Waals surface area contributed by atoms with Crippen molar-refractivity contribution in [3.8, 4) is 5.75 Å². The molecule has 0 fully saturated rings. The third kappa shape index (κ3) is 2.95. The molecule has 0 spiro atoms. The molecule has 0 aliphatic carbocycles. The van der Waals surface area contributed by atoms with Crippen molar-refractivity contribution in [1.82, 2.24) is 14.9 Å². The van der Waals surface area contributed by atoms with Gasteiger partial charge in [-0.15, -0.1) is 0 Å². The van der Waals surface area contributed by atoms with Crippen molar-refractivity contribution in [2.45, 2.75) is 12.5 Å². The zero-order valence-electron chi connectivity index (χ0n) is 16.1. The maximum atomic E-state index is 13.5. The number of carbonyl (C=O) groups excluding carboxylic acids is 1. The Bertz CT molecular complexity index is 1170. The molecule has 1 unspecified atom stereocenters.